The minimum atomic E-state index is 0.635. The molecule has 3 aromatic rings. The monoisotopic (exact) mass is 257 g/mol. The van der Waals surface area contributed by atoms with Gasteiger partial charge in [0.05, 0.1) is 11.0 Å². The Morgan fingerprint density at radius 3 is 2.78 bits per heavy atom. The molecule has 1 aromatic carbocycles. The molecule has 0 bridgehead atoms. The predicted molar refractivity (Wildman–Crippen MR) is 72.3 cm³/mol. The number of rotatable bonds is 3. The maximum absolute atomic E-state index is 5.33. The second-order valence-electron chi connectivity index (χ2n) is 3.67. The first-order valence-electron chi connectivity index (χ1n) is 5.41. The van der Waals surface area contributed by atoms with Crippen molar-refractivity contribution in [2.45, 2.75) is 10.2 Å². The Balaban J connectivity index is 1.91. The van der Waals surface area contributed by atoms with Crippen molar-refractivity contribution in [2.75, 3.05) is 5.43 Å². The van der Waals surface area contributed by atoms with Gasteiger partial charge in [0.25, 0.3) is 0 Å². The van der Waals surface area contributed by atoms with E-state index in [4.69, 9.17) is 5.84 Å². The number of hydrogen-bond donors (Lipinski definition) is 3. The lowest BCUT2D eigenvalue weighted by Crippen LogP contribution is -2.08. The summed E-state index contributed by atoms with van der Waals surface area (Å²) in [6.45, 7) is 0. The van der Waals surface area contributed by atoms with Crippen molar-refractivity contribution in [3.8, 4) is 0 Å². The van der Waals surface area contributed by atoms with Gasteiger partial charge in [-0.25, -0.2) is 15.8 Å². The van der Waals surface area contributed by atoms with Gasteiger partial charge in [-0.3, -0.25) is 0 Å². The van der Waals surface area contributed by atoms with Gasteiger partial charge in [-0.1, -0.05) is 18.2 Å². The third-order valence-electron chi connectivity index (χ3n) is 2.44. The molecular formula is C12H11N5S. The van der Waals surface area contributed by atoms with E-state index in [9.17, 15) is 0 Å². The van der Waals surface area contributed by atoms with Gasteiger partial charge >= 0.3 is 0 Å². The molecule has 0 saturated heterocycles. The first-order chi connectivity index (χ1) is 8.85. The van der Waals surface area contributed by atoms with Gasteiger partial charge in [-0.05, 0) is 36.0 Å². The van der Waals surface area contributed by atoms with Crippen LogP contribution in [0.25, 0.3) is 11.0 Å². The van der Waals surface area contributed by atoms with Crippen molar-refractivity contribution >= 4 is 28.6 Å². The number of anilines is 1. The second kappa shape index (κ2) is 4.67. The largest absolute Gasteiger partial charge is 0.333 e. The number of nitrogens with one attached hydrogen (secondary N) is 2. The van der Waals surface area contributed by atoms with Crippen LogP contribution < -0.4 is 11.3 Å². The van der Waals surface area contributed by atoms with E-state index in [2.05, 4.69) is 20.4 Å². The molecule has 90 valence electrons. The zero-order valence-electron chi connectivity index (χ0n) is 9.42. The molecule has 4 N–H and O–H groups in total. The highest BCUT2D eigenvalue weighted by atomic mass is 32.2. The van der Waals surface area contributed by atoms with Crippen LogP contribution in [0, 0.1) is 0 Å². The number of nitrogen functional groups attached to an aromatic ring is 1. The Kier molecular flexibility index (Phi) is 2.87. The molecule has 0 atom stereocenters. The summed E-state index contributed by atoms with van der Waals surface area (Å²) >= 11 is 1.47. The maximum atomic E-state index is 5.33. The van der Waals surface area contributed by atoms with Gasteiger partial charge < -0.3 is 10.4 Å². The molecule has 0 aliphatic carbocycles. The van der Waals surface area contributed by atoms with Gasteiger partial charge in [0.1, 0.15) is 10.8 Å². The average Bonchev–Trinajstić information content (AvgIpc) is 2.81. The fourth-order valence-electron chi connectivity index (χ4n) is 1.63. The molecule has 0 amide bonds. The van der Waals surface area contributed by atoms with Crippen LogP contribution >= 0.6 is 11.8 Å². The number of aromatic nitrogens is 3. The van der Waals surface area contributed by atoms with Crippen molar-refractivity contribution < 1.29 is 0 Å². The predicted octanol–water partition coefficient (Wildman–Crippen LogP) is 2.39. The van der Waals surface area contributed by atoms with E-state index in [0.29, 0.717) is 5.82 Å². The smallest absolute Gasteiger partial charge is 0.172 e. The number of nitrogens with two attached hydrogens (primary N) is 1. The highest BCUT2D eigenvalue weighted by Gasteiger charge is 2.05. The normalized spacial score (nSPS) is 10.7. The molecule has 0 spiro atoms. The van der Waals surface area contributed by atoms with Crippen LogP contribution in [0.5, 0.6) is 0 Å². The van der Waals surface area contributed by atoms with E-state index in [0.717, 1.165) is 21.2 Å². The first-order valence-corrected chi connectivity index (χ1v) is 6.23. The molecule has 5 nitrogen and oxygen atoms in total. The van der Waals surface area contributed by atoms with Gasteiger partial charge in [0.15, 0.2) is 5.16 Å². The zero-order valence-corrected chi connectivity index (χ0v) is 10.2. The van der Waals surface area contributed by atoms with Crippen molar-refractivity contribution in [3.63, 3.8) is 0 Å². The minimum Gasteiger partial charge on any atom is -0.333 e. The van der Waals surface area contributed by atoms with Gasteiger partial charge in [0.2, 0.25) is 0 Å². The lowest BCUT2D eigenvalue weighted by Gasteiger charge is -2.00. The molecule has 2 heterocycles. The Hall–Kier alpha value is -2.05. The summed E-state index contributed by atoms with van der Waals surface area (Å²) < 4.78 is 0. The fraction of sp³-hybridized carbons (Fsp3) is 0. The van der Waals surface area contributed by atoms with Crippen LogP contribution in [0.15, 0.2) is 52.6 Å². The lowest BCUT2D eigenvalue weighted by molar-refractivity contribution is 1.05. The molecule has 0 aliphatic heterocycles. The SMILES string of the molecule is NNc1cccc(Sc2nc3ccccc3[nH]2)n1. The number of pyridine rings is 1. The zero-order chi connectivity index (χ0) is 12.4. The molecule has 0 radical (unpaired) electrons. The molecule has 0 saturated carbocycles. The number of aromatic amines is 1. The third kappa shape index (κ3) is 2.15. The number of nitrogens with zero attached hydrogens (tertiary/aromatic N) is 2. The lowest BCUT2D eigenvalue weighted by atomic mass is 10.3. The van der Waals surface area contributed by atoms with Gasteiger partial charge in [0, 0.05) is 0 Å². The molecule has 3 rings (SSSR count). The third-order valence-corrected chi connectivity index (χ3v) is 3.26. The van der Waals surface area contributed by atoms with E-state index in [-0.39, 0.29) is 0 Å². The van der Waals surface area contributed by atoms with E-state index in [1.54, 1.807) is 0 Å². The second-order valence-corrected chi connectivity index (χ2v) is 4.68. The summed E-state index contributed by atoms with van der Waals surface area (Å²) in [5.74, 6) is 5.96. The number of H-pyrrole nitrogens is 1. The van der Waals surface area contributed by atoms with Crippen molar-refractivity contribution in [2.24, 2.45) is 5.84 Å². The Labute approximate surface area is 108 Å². The summed E-state index contributed by atoms with van der Waals surface area (Å²) in [4.78, 5) is 12.0. The highest BCUT2D eigenvalue weighted by Crippen LogP contribution is 2.26. The maximum Gasteiger partial charge on any atom is 0.172 e. The summed E-state index contributed by atoms with van der Waals surface area (Å²) in [5, 5.41) is 1.65. The van der Waals surface area contributed by atoms with Crippen LogP contribution in [0.2, 0.25) is 0 Å². The van der Waals surface area contributed by atoms with E-state index in [1.165, 1.54) is 11.8 Å². The fourth-order valence-corrected chi connectivity index (χ4v) is 2.42. The number of para-hydroxylation sites is 2. The molecule has 0 aliphatic rings. The van der Waals surface area contributed by atoms with Gasteiger partial charge in [-0.15, -0.1) is 0 Å². The van der Waals surface area contributed by atoms with E-state index >= 15 is 0 Å². The molecule has 0 unspecified atom stereocenters. The van der Waals surface area contributed by atoms with Crippen LogP contribution in [0.1, 0.15) is 0 Å². The van der Waals surface area contributed by atoms with Crippen LogP contribution in [-0.4, -0.2) is 15.0 Å². The minimum absolute atomic E-state index is 0.635. The molecule has 18 heavy (non-hydrogen) atoms. The summed E-state index contributed by atoms with van der Waals surface area (Å²) in [5.41, 5.74) is 4.50. The molecule has 6 heteroatoms. The summed E-state index contributed by atoms with van der Waals surface area (Å²) in [7, 11) is 0. The number of imidazole rings is 1. The number of benzene rings is 1. The highest BCUT2D eigenvalue weighted by molar-refractivity contribution is 7.99. The quantitative estimate of drug-likeness (QED) is 0.496. The van der Waals surface area contributed by atoms with Gasteiger partial charge in [-0.2, -0.15) is 0 Å². The first kappa shape index (κ1) is 11.1. The van der Waals surface area contributed by atoms with E-state index < -0.39 is 0 Å². The van der Waals surface area contributed by atoms with Crippen LogP contribution in [0.4, 0.5) is 5.82 Å². The van der Waals surface area contributed by atoms with Crippen molar-refractivity contribution in [3.05, 3.63) is 42.5 Å². The van der Waals surface area contributed by atoms with Crippen molar-refractivity contribution in [1.29, 1.82) is 0 Å². The summed E-state index contributed by atoms with van der Waals surface area (Å²) in [6, 6.07) is 13.5. The summed E-state index contributed by atoms with van der Waals surface area (Å²) in [6.07, 6.45) is 0. The van der Waals surface area contributed by atoms with E-state index in [1.807, 2.05) is 42.5 Å². The standard InChI is InChI=1S/C12H11N5S/c13-17-10-6-3-7-11(16-10)18-12-14-8-4-1-2-5-9(8)15-12/h1-7H,13H2,(H,14,15)(H,16,17). The topological polar surface area (TPSA) is 79.6 Å². The number of hydrogen-bond acceptors (Lipinski definition) is 5. The van der Waals surface area contributed by atoms with Crippen LogP contribution in [0.3, 0.4) is 0 Å². The Morgan fingerprint density at radius 1 is 1.06 bits per heavy atom. The Bertz CT molecular complexity index is 646. The number of fused-ring (bicyclic) bond motifs is 1. The number of hydrazine groups is 1. The molecule has 2 aromatic heterocycles. The molecular weight excluding hydrogens is 246 g/mol. The van der Waals surface area contributed by atoms with Crippen LogP contribution in [-0.2, 0) is 0 Å². The average molecular weight is 257 g/mol. The van der Waals surface area contributed by atoms with Crippen molar-refractivity contribution in [1.82, 2.24) is 15.0 Å². The molecule has 0 fully saturated rings. The Morgan fingerprint density at radius 2 is 1.94 bits per heavy atom.